The second kappa shape index (κ2) is 49.7. The maximum atomic E-state index is 14.8. The first-order valence-corrected chi connectivity index (χ1v) is 50.9. The number of hydrogen-bond donors (Lipinski definition) is 2. The molecule has 0 aromatic heterocycles. The topological polar surface area (TPSA) is 201 Å². The Morgan fingerprint density at radius 1 is 0.267 bits per heavy atom. The molecule has 0 amide bonds. The largest absolute Gasteiger partial charge is 0.497 e. The van der Waals surface area contributed by atoms with Gasteiger partial charge in [-0.1, -0.05) is 204 Å². The zero-order valence-electron chi connectivity index (χ0n) is 88.0. The number of carboxylic acids is 2. The Morgan fingerprint density at radius 3 is 0.664 bits per heavy atom. The number of carbonyl (C=O) groups is 4. The van der Waals surface area contributed by atoms with Gasteiger partial charge in [-0.2, -0.15) is 0 Å². The summed E-state index contributed by atoms with van der Waals surface area (Å²) in [6.07, 6.45) is 13.1. The molecule has 16 nitrogen and oxygen atoms in total. The number of methoxy groups -OCH3 is 6. The molecule has 0 aliphatic heterocycles. The van der Waals surface area contributed by atoms with Crippen molar-refractivity contribution in [3.05, 3.63) is 333 Å². The molecule has 0 unspecified atom stereocenters. The van der Waals surface area contributed by atoms with Crippen molar-refractivity contribution in [2.45, 2.75) is 236 Å². The van der Waals surface area contributed by atoms with E-state index in [4.69, 9.17) is 47.4 Å². The van der Waals surface area contributed by atoms with Gasteiger partial charge in [-0.3, -0.25) is 19.2 Å². The van der Waals surface area contributed by atoms with E-state index in [0.717, 1.165) is 189 Å². The molecule has 12 aromatic carbocycles. The molecule has 4 atom stereocenters. The number of halogens is 4. The third-order valence-electron chi connectivity index (χ3n) is 27.0. The van der Waals surface area contributed by atoms with Crippen molar-refractivity contribution in [2.75, 3.05) is 42.7 Å². The molecule has 12 aromatic rings. The van der Waals surface area contributed by atoms with E-state index in [9.17, 15) is 47.0 Å². The Hall–Kier alpha value is -13.4. The monoisotopic (exact) mass is 1990 g/mol. The van der Waals surface area contributed by atoms with Crippen LogP contribution >= 0.6 is 0 Å². The highest BCUT2D eigenvalue weighted by Crippen LogP contribution is 2.51. The lowest BCUT2D eigenvalue weighted by Crippen LogP contribution is -2.11. The average molecular weight is 1990 g/mol. The molecule has 4 saturated carbocycles. The molecule has 146 heavy (non-hydrogen) atoms. The number of carbonyl (C=O) groups excluding carboxylic acids is 2. The van der Waals surface area contributed by atoms with Gasteiger partial charge in [0.1, 0.15) is 95.7 Å². The van der Waals surface area contributed by atoms with E-state index in [1.165, 1.54) is 38.5 Å². The molecule has 0 radical (unpaired) electrons. The van der Waals surface area contributed by atoms with Gasteiger partial charge in [0.2, 0.25) is 0 Å². The molecule has 16 rings (SSSR count). The molecule has 0 spiro atoms. The minimum absolute atomic E-state index is 0.0138. The van der Waals surface area contributed by atoms with Crippen LogP contribution in [0.2, 0.25) is 0 Å². The van der Waals surface area contributed by atoms with Crippen molar-refractivity contribution in [3.8, 4) is 90.5 Å². The summed E-state index contributed by atoms with van der Waals surface area (Å²) < 4.78 is 115. The Kier molecular flexibility index (Phi) is 37.4. The normalized spacial score (nSPS) is 14.3. The van der Waals surface area contributed by atoms with E-state index in [1.807, 2.05) is 133 Å². The second-order valence-electron chi connectivity index (χ2n) is 44.3. The highest BCUT2D eigenvalue weighted by atomic mass is 19.1. The van der Waals surface area contributed by atoms with Crippen LogP contribution in [0.4, 0.5) is 17.6 Å². The van der Waals surface area contributed by atoms with Crippen LogP contribution in [0.3, 0.4) is 0 Å². The van der Waals surface area contributed by atoms with Gasteiger partial charge in [-0.05, 0) is 356 Å². The van der Waals surface area contributed by atoms with Gasteiger partial charge in [-0.25, -0.2) is 17.6 Å². The van der Waals surface area contributed by atoms with Gasteiger partial charge in [-0.15, -0.1) is 0 Å². The highest BCUT2D eigenvalue weighted by Gasteiger charge is 2.39. The van der Waals surface area contributed by atoms with Crippen LogP contribution in [0.15, 0.2) is 243 Å². The van der Waals surface area contributed by atoms with Gasteiger partial charge in [0.15, 0.2) is 0 Å². The average Bonchev–Trinajstić information content (AvgIpc) is 1.75. The van der Waals surface area contributed by atoms with Crippen molar-refractivity contribution in [3.63, 3.8) is 0 Å². The fraction of sp³-hybridized carbons (Fsp3) is 0.397. The first-order chi connectivity index (χ1) is 69.6. The standard InChI is InChI=1S/2C32H37FO4.2C31H35FO4/c2*1-32(2,3)19-24-15-21(9-13-27(24)29-17-25(35-4)12-14-30(29)33)20-37-26-8-6-7-23(16-26)28(22-10-11-22)18-31(34)36-5;2*1-31(2,3)18-23-14-20(8-12-26(23)28-16-24(35-4)11-13-29(28)32)19-36-25-7-5-6-22(15-25)27(17-30(33)34)21-9-10-21/h2*6-9,12-17,22,28H,10-11,18-20H2,1-5H3;2*5-8,11-16,21,27H,9-10,17-19H2,1-4H3,(H,33,34)/t2*28-;2*27-/m1010/s1. The summed E-state index contributed by atoms with van der Waals surface area (Å²) >= 11 is 0. The quantitative estimate of drug-likeness (QED) is 0.0271. The maximum Gasteiger partial charge on any atom is 0.306 e. The van der Waals surface area contributed by atoms with Gasteiger partial charge in [0.25, 0.3) is 0 Å². The van der Waals surface area contributed by atoms with E-state index < -0.39 is 11.9 Å². The van der Waals surface area contributed by atoms with Crippen molar-refractivity contribution < 1.29 is 94.3 Å². The van der Waals surface area contributed by atoms with Crippen LogP contribution in [-0.4, -0.2) is 76.7 Å². The lowest BCUT2D eigenvalue weighted by molar-refractivity contribution is -0.142. The van der Waals surface area contributed by atoms with Crippen LogP contribution < -0.4 is 37.9 Å². The third-order valence-corrected chi connectivity index (χ3v) is 27.0. The SMILES string of the molecule is COC(=O)C[C@@H](c1cccc(OCc2ccc(-c3cc(OC)ccc3F)c(CC(C)(C)C)c2)c1)C1CC1.COC(=O)C[C@H](c1cccc(OCc2ccc(-c3cc(OC)ccc3F)c(CC(C)(C)C)c2)c1)C1CC1.COc1ccc(F)c(-c2ccc(COc3cccc([C@@H](CC(=O)O)C4CC4)c3)cc2CC(C)(C)C)c1.COc1ccc(F)c(-c2ccc(COc3cccc([C@H](CC(=O)O)C4CC4)c3)cc2CC(C)(C)C)c1. The zero-order chi connectivity index (χ0) is 105. The Morgan fingerprint density at radius 2 is 0.479 bits per heavy atom. The predicted molar refractivity (Wildman–Crippen MR) is 569 cm³/mol. The zero-order valence-corrected chi connectivity index (χ0v) is 88.0. The summed E-state index contributed by atoms with van der Waals surface area (Å²) in [5, 5.41) is 18.7. The fourth-order valence-electron chi connectivity index (χ4n) is 19.3. The van der Waals surface area contributed by atoms with E-state index >= 15 is 0 Å². The number of benzene rings is 12. The summed E-state index contributed by atoms with van der Waals surface area (Å²) in [5.41, 5.74) is 18.2. The Bertz CT molecular complexity index is 6090. The molecule has 2 N–H and O–H groups in total. The van der Waals surface area contributed by atoms with Gasteiger partial charge in [0.05, 0.1) is 68.3 Å². The van der Waals surface area contributed by atoms with E-state index in [1.54, 1.807) is 77.0 Å². The molecule has 0 heterocycles. The van der Waals surface area contributed by atoms with Crippen molar-refractivity contribution in [1.29, 1.82) is 0 Å². The van der Waals surface area contributed by atoms with Crippen LogP contribution in [0.25, 0.3) is 44.5 Å². The summed E-state index contributed by atoms with van der Waals surface area (Å²) in [5.74, 6) is 4.82. The minimum Gasteiger partial charge on any atom is -0.497 e. The predicted octanol–water partition coefficient (Wildman–Crippen LogP) is 30.7. The molecule has 772 valence electrons. The molecule has 4 aliphatic rings. The van der Waals surface area contributed by atoms with Crippen molar-refractivity contribution >= 4 is 23.9 Å². The lowest BCUT2D eigenvalue weighted by Gasteiger charge is -2.22. The summed E-state index contributed by atoms with van der Waals surface area (Å²) in [6, 6.07) is 75.3. The number of hydrogen-bond acceptors (Lipinski definition) is 14. The highest BCUT2D eigenvalue weighted by molar-refractivity contribution is 5.76. The Balaban J connectivity index is 0.000000163. The minimum atomic E-state index is -0.767. The van der Waals surface area contributed by atoms with Crippen LogP contribution in [0.1, 0.15) is 251 Å². The fourth-order valence-corrected chi connectivity index (χ4v) is 19.3. The van der Waals surface area contributed by atoms with Crippen LogP contribution in [0.5, 0.6) is 46.0 Å². The van der Waals surface area contributed by atoms with Gasteiger partial charge >= 0.3 is 23.9 Å². The summed E-state index contributed by atoms with van der Waals surface area (Å²) in [4.78, 5) is 46.6. The van der Waals surface area contributed by atoms with E-state index in [2.05, 4.69) is 119 Å². The summed E-state index contributed by atoms with van der Waals surface area (Å²) in [6.45, 7) is 27.6. The van der Waals surface area contributed by atoms with Crippen molar-refractivity contribution in [2.24, 2.45) is 45.3 Å². The Labute approximate surface area is 860 Å². The van der Waals surface area contributed by atoms with Crippen molar-refractivity contribution in [1.82, 2.24) is 0 Å². The molecule has 0 bridgehead atoms. The smallest absolute Gasteiger partial charge is 0.306 e. The molecule has 20 heteroatoms. The first-order valence-electron chi connectivity index (χ1n) is 50.9. The molecule has 4 aliphatic carbocycles. The van der Waals surface area contributed by atoms with Gasteiger partial charge in [0, 0.05) is 22.3 Å². The molecular formula is C126H144F4O16. The third kappa shape index (κ3) is 32.8. The number of aliphatic carboxylic acids is 2. The molecular weight excluding hydrogens is 1850 g/mol. The summed E-state index contributed by atoms with van der Waals surface area (Å²) in [7, 11) is 9.21. The van der Waals surface area contributed by atoms with E-state index in [0.29, 0.717) is 108 Å². The van der Waals surface area contributed by atoms with Gasteiger partial charge < -0.3 is 57.6 Å². The number of esters is 2. The first kappa shape index (κ1) is 110. The molecule has 4 fully saturated rings. The van der Waals surface area contributed by atoms with E-state index in [-0.39, 0.29) is 93.4 Å². The lowest BCUT2D eigenvalue weighted by atomic mass is 9.84. The number of ether oxygens (including phenoxy) is 10. The number of rotatable bonds is 40. The van der Waals surface area contributed by atoms with Crippen LogP contribution in [0, 0.1) is 68.6 Å². The van der Waals surface area contributed by atoms with Crippen LogP contribution in [-0.2, 0) is 80.8 Å². The maximum absolute atomic E-state index is 14.8. The molecule has 0 saturated heterocycles. The second-order valence-corrected chi connectivity index (χ2v) is 44.3. The number of carboxylic acid groups (broad SMARTS) is 2.